The van der Waals surface area contributed by atoms with Crippen LogP contribution in [0.25, 0.3) is 0 Å². The first kappa shape index (κ1) is 14.8. The molecule has 5 heteroatoms. The van der Waals surface area contributed by atoms with E-state index in [1.165, 1.54) is 0 Å². The number of nitrogens with zero attached hydrogens (tertiary/aromatic N) is 1. The summed E-state index contributed by atoms with van der Waals surface area (Å²) in [5, 5.41) is 10.1. The van der Waals surface area contributed by atoms with E-state index < -0.39 is 6.04 Å². The van der Waals surface area contributed by atoms with Gasteiger partial charge in [-0.05, 0) is 25.2 Å². The predicted octanol–water partition coefficient (Wildman–Crippen LogP) is 2.35. The molecule has 0 aromatic heterocycles. The van der Waals surface area contributed by atoms with Crippen LogP contribution in [-0.4, -0.2) is 35.2 Å². The average molecular weight is 279 g/mol. The lowest BCUT2D eigenvalue weighted by atomic mass is 9.75. The summed E-state index contributed by atoms with van der Waals surface area (Å²) < 4.78 is 4.94. The van der Waals surface area contributed by atoms with Gasteiger partial charge in [0.05, 0.1) is 17.9 Å². The highest BCUT2D eigenvalue weighted by molar-refractivity contribution is 6.24. The highest BCUT2D eigenvalue weighted by Crippen LogP contribution is 2.37. The van der Waals surface area contributed by atoms with Crippen LogP contribution in [0.1, 0.15) is 46.5 Å². The van der Waals surface area contributed by atoms with Crippen molar-refractivity contribution in [1.82, 2.24) is 0 Å². The van der Waals surface area contributed by atoms with Gasteiger partial charge in [-0.2, -0.15) is 0 Å². The zero-order valence-electron chi connectivity index (χ0n) is 12.2. The quantitative estimate of drug-likeness (QED) is 0.805. The average Bonchev–Trinajstić information content (AvgIpc) is 2.75. The molecule has 0 fully saturated rings. The number of esters is 1. The maximum atomic E-state index is 12.2. The fraction of sp³-hybridized carbons (Fsp3) is 0.667. The van der Waals surface area contributed by atoms with E-state index in [1.807, 2.05) is 13.8 Å². The highest BCUT2D eigenvalue weighted by Gasteiger charge is 2.37. The summed E-state index contributed by atoms with van der Waals surface area (Å²) in [6.45, 7) is 5.98. The van der Waals surface area contributed by atoms with Crippen LogP contribution in [-0.2, 0) is 14.3 Å². The number of ether oxygens (including phenoxy) is 1. The van der Waals surface area contributed by atoms with Gasteiger partial charge in [-0.15, -0.1) is 0 Å². The van der Waals surface area contributed by atoms with Gasteiger partial charge in [0.1, 0.15) is 11.8 Å². The smallest absolute Gasteiger partial charge is 0.330 e. The van der Waals surface area contributed by atoms with Gasteiger partial charge in [0.25, 0.3) is 0 Å². The Kier molecular flexibility index (Phi) is 3.97. The molecular formula is C15H21NO4. The normalized spacial score (nSPS) is 25.6. The minimum atomic E-state index is -0.534. The maximum Gasteiger partial charge on any atom is 0.330 e. The minimum Gasteiger partial charge on any atom is -0.511 e. The minimum absolute atomic E-state index is 0.0815. The molecule has 20 heavy (non-hydrogen) atoms. The Bertz CT molecular complexity index is 502. The monoisotopic (exact) mass is 279 g/mol. The van der Waals surface area contributed by atoms with Crippen molar-refractivity contribution in [3.8, 4) is 0 Å². The Morgan fingerprint density at radius 2 is 2.15 bits per heavy atom. The topological polar surface area (TPSA) is 76.0 Å². The number of rotatable bonds is 3. The van der Waals surface area contributed by atoms with Crippen LogP contribution in [0.5, 0.6) is 0 Å². The molecule has 0 radical (unpaired) electrons. The number of hydrogen-bond acceptors (Lipinski definition) is 5. The van der Waals surface area contributed by atoms with Crippen molar-refractivity contribution >= 4 is 17.5 Å². The van der Waals surface area contributed by atoms with Crippen molar-refractivity contribution < 1.29 is 19.4 Å². The van der Waals surface area contributed by atoms with E-state index in [9.17, 15) is 14.7 Å². The predicted molar refractivity (Wildman–Crippen MR) is 74.8 cm³/mol. The molecule has 1 heterocycles. The van der Waals surface area contributed by atoms with Crippen LogP contribution in [0, 0.1) is 5.41 Å². The molecule has 0 bridgehead atoms. The van der Waals surface area contributed by atoms with E-state index >= 15 is 0 Å². The van der Waals surface area contributed by atoms with Gasteiger partial charge in [0.15, 0.2) is 5.78 Å². The Morgan fingerprint density at radius 3 is 2.75 bits per heavy atom. The lowest BCUT2D eigenvalue weighted by molar-refractivity contribution is -0.144. The molecule has 2 rings (SSSR count). The van der Waals surface area contributed by atoms with Gasteiger partial charge in [-0.1, -0.05) is 13.8 Å². The number of aliphatic hydroxyl groups is 1. The summed E-state index contributed by atoms with van der Waals surface area (Å²) in [5.74, 6) is -0.331. The van der Waals surface area contributed by atoms with Crippen LogP contribution in [0.4, 0.5) is 0 Å². The fourth-order valence-corrected chi connectivity index (χ4v) is 2.80. The van der Waals surface area contributed by atoms with Crippen molar-refractivity contribution in [1.29, 1.82) is 0 Å². The number of carbonyl (C=O) groups is 2. The molecule has 5 nitrogen and oxygen atoms in total. The molecule has 0 amide bonds. The molecule has 0 saturated carbocycles. The van der Waals surface area contributed by atoms with Crippen LogP contribution in [0.15, 0.2) is 16.3 Å². The van der Waals surface area contributed by atoms with Gasteiger partial charge < -0.3 is 9.84 Å². The lowest BCUT2D eigenvalue weighted by Crippen LogP contribution is -2.28. The molecule has 0 aromatic rings. The zero-order chi connectivity index (χ0) is 14.9. The highest BCUT2D eigenvalue weighted by atomic mass is 16.5. The van der Waals surface area contributed by atoms with E-state index in [0.717, 1.165) is 0 Å². The molecule has 0 unspecified atom stereocenters. The summed E-state index contributed by atoms with van der Waals surface area (Å²) in [5.41, 5.74) is 0.668. The van der Waals surface area contributed by atoms with E-state index in [1.54, 1.807) is 6.92 Å². The van der Waals surface area contributed by atoms with Gasteiger partial charge >= 0.3 is 5.97 Å². The number of allylic oxidation sites excluding steroid dienone is 2. The van der Waals surface area contributed by atoms with Crippen molar-refractivity contribution in [2.75, 3.05) is 6.61 Å². The molecule has 1 atom stereocenters. The molecule has 1 aliphatic heterocycles. The number of aliphatic imine (C=N–C) groups is 1. The molecular weight excluding hydrogens is 258 g/mol. The molecule has 2 aliphatic rings. The third-order valence-corrected chi connectivity index (χ3v) is 3.67. The van der Waals surface area contributed by atoms with E-state index in [2.05, 4.69) is 4.99 Å². The number of Topliss-reactive ketones (excluding diaryl/α,β-unsaturated/α-hetero) is 1. The summed E-state index contributed by atoms with van der Waals surface area (Å²) in [6, 6.07) is -0.534. The van der Waals surface area contributed by atoms with Crippen molar-refractivity contribution in [2.24, 2.45) is 10.4 Å². The summed E-state index contributed by atoms with van der Waals surface area (Å²) in [7, 11) is 0. The first-order valence-corrected chi connectivity index (χ1v) is 7.03. The number of ketones is 1. The van der Waals surface area contributed by atoms with Crippen molar-refractivity contribution in [3.05, 3.63) is 11.3 Å². The van der Waals surface area contributed by atoms with Crippen LogP contribution >= 0.6 is 0 Å². The zero-order valence-corrected chi connectivity index (χ0v) is 12.2. The van der Waals surface area contributed by atoms with Crippen LogP contribution < -0.4 is 0 Å². The number of carbonyl (C=O) groups excluding carboxylic acids is 2. The first-order valence-electron chi connectivity index (χ1n) is 7.03. The Morgan fingerprint density at radius 1 is 1.45 bits per heavy atom. The van der Waals surface area contributed by atoms with Crippen molar-refractivity contribution in [2.45, 2.75) is 52.5 Å². The fourth-order valence-electron chi connectivity index (χ4n) is 2.80. The summed E-state index contributed by atoms with van der Waals surface area (Å²) in [6.07, 6.45) is 1.95. The SMILES string of the molecule is CCOC(=O)[C@@H]1CCC(C2=C(O)CC(C)(C)CC2=O)=N1. The van der Waals surface area contributed by atoms with E-state index in [4.69, 9.17) is 4.74 Å². The second kappa shape index (κ2) is 5.38. The van der Waals surface area contributed by atoms with Crippen molar-refractivity contribution in [3.63, 3.8) is 0 Å². The van der Waals surface area contributed by atoms with Gasteiger partial charge in [0.2, 0.25) is 0 Å². The van der Waals surface area contributed by atoms with Gasteiger partial charge in [-0.25, -0.2) is 4.79 Å². The van der Waals surface area contributed by atoms with E-state index in [0.29, 0.717) is 43.6 Å². The second-order valence-electron chi connectivity index (χ2n) is 6.14. The number of aliphatic hydroxyl groups excluding tert-OH is 1. The summed E-state index contributed by atoms with van der Waals surface area (Å²) in [4.78, 5) is 28.1. The van der Waals surface area contributed by atoms with Gasteiger partial charge in [0, 0.05) is 12.8 Å². The van der Waals surface area contributed by atoms with E-state index in [-0.39, 0.29) is 22.9 Å². The molecule has 1 N–H and O–H groups in total. The summed E-state index contributed by atoms with van der Waals surface area (Å²) >= 11 is 0. The standard InChI is InChI=1S/C15H21NO4/c1-4-20-14(19)10-6-5-9(16-10)13-11(17)7-15(2,3)8-12(13)18/h10,17H,4-8H2,1-3H3/t10-/m0/s1. The Hall–Kier alpha value is -1.65. The Balaban J connectivity index is 2.22. The molecule has 0 aromatic carbocycles. The molecule has 110 valence electrons. The largest absolute Gasteiger partial charge is 0.511 e. The first-order chi connectivity index (χ1) is 9.34. The third kappa shape index (κ3) is 2.92. The van der Waals surface area contributed by atoms with Crippen LogP contribution in [0.3, 0.4) is 0 Å². The molecule has 0 spiro atoms. The number of hydrogen-bond donors (Lipinski definition) is 1. The van der Waals surface area contributed by atoms with Crippen LogP contribution in [0.2, 0.25) is 0 Å². The maximum absolute atomic E-state index is 12.2. The Labute approximate surface area is 118 Å². The van der Waals surface area contributed by atoms with Gasteiger partial charge in [-0.3, -0.25) is 9.79 Å². The molecule has 0 saturated heterocycles. The second-order valence-corrected chi connectivity index (χ2v) is 6.14. The third-order valence-electron chi connectivity index (χ3n) is 3.67. The lowest BCUT2D eigenvalue weighted by Gasteiger charge is -2.29. The molecule has 1 aliphatic carbocycles.